The van der Waals surface area contributed by atoms with Crippen molar-refractivity contribution in [3.63, 3.8) is 0 Å². The highest BCUT2D eigenvalue weighted by molar-refractivity contribution is 7.91. The molecule has 1 rings (SSSR count). The molecule has 19 heavy (non-hydrogen) atoms. The summed E-state index contributed by atoms with van der Waals surface area (Å²) < 4.78 is 48.5. The smallest absolute Gasteiger partial charge is 0.341 e. The molecule has 0 unspecified atom stereocenters. The largest absolute Gasteiger partial charge is 0.374 e. The molecule has 0 bridgehead atoms. The molecule has 0 aliphatic heterocycles. The molecular formula is C13H19F2NO2S. The minimum absolute atomic E-state index is 0.309. The van der Waals surface area contributed by atoms with E-state index in [-0.39, 0.29) is 4.90 Å². The fourth-order valence-corrected chi connectivity index (χ4v) is 2.66. The van der Waals surface area contributed by atoms with Crippen LogP contribution < -0.4 is 4.90 Å². The van der Waals surface area contributed by atoms with Gasteiger partial charge in [-0.15, -0.1) is 0 Å². The van der Waals surface area contributed by atoms with Crippen LogP contribution in [0.15, 0.2) is 29.2 Å². The van der Waals surface area contributed by atoms with Crippen LogP contribution in [0.1, 0.15) is 20.3 Å². The van der Waals surface area contributed by atoms with E-state index in [1.54, 1.807) is 24.1 Å². The van der Waals surface area contributed by atoms with Crippen LogP contribution in [0.5, 0.6) is 0 Å². The van der Waals surface area contributed by atoms with Gasteiger partial charge in [0.25, 0.3) is 0 Å². The Morgan fingerprint density at radius 3 is 2.32 bits per heavy atom. The van der Waals surface area contributed by atoms with Gasteiger partial charge in [0, 0.05) is 13.6 Å². The van der Waals surface area contributed by atoms with E-state index in [0.717, 1.165) is 6.42 Å². The zero-order chi connectivity index (χ0) is 14.6. The van der Waals surface area contributed by atoms with E-state index < -0.39 is 15.6 Å². The number of halogens is 2. The standard InChI is InChI=1S/C13H19F2NO2S/c1-10(2)8-9-16(3)11-6-4-5-7-12(11)19(17,18)13(14)15/h4-7,10,13H,8-9H2,1-3H3. The van der Waals surface area contributed by atoms with Gasteiger partial charge < -0.3 is 4.90 Å². The molecule has 0 aliphatic carbocycles. The summed E-state index contributed by atoms with van der Waals surface area (Å²) >= 11 is 0. The van der Waals surface area contributed by atoms with Crippen molar-refractivity contribution < 1.29 is 17.2 Å². The molecule has 0 aromatic heterocycles. The fourth-order valence-electron chi connectivity index (χ4n) is 1.68. The van der Waals surface area contributed by atoms with Crippen molar-refractivity contribution in [3.05, 3.63) is 24.3 Å². The summed E-state index contributed by atoms with van der Waals surface area (Å²) in [5.74, 6) is -2.94. The molecule has 3 nitrogen and oxygen atoms in total. The summed E-state index contributed by atoms with van der Waals surface area (Å²) in [5.41, 5.74) is 0.323. The molecule has 0 saturated heterocycles. The third kappa shape index (κ3) is 3.89. The molecule has 0 aliphatic rings. The second kappa shape index (κ2) is 6.32. The first-order valence-corrected chi connectivity index (χ1v) is 7.63. The van der Waals surface area contributed by atoms with Gasteiger partial charge in [-0.05, 0) is 24.5 Å². The van der Waals surface area contributed by atoms with Crippen LogP contribution in [0, 0.1) is 5.92 Å². The SMILES string of the molecule is CC(C)CCN(C)c1ccccc1S(=O)(=O)C(F)F. The van der Waals surface area contributed by atoms with Gasteiger partial charge in [-0.1, -0.05) is 26.0 Å². The van der Waals surface area contributed by atoms with Crippen LogP contribution in [-0.4, -0.2) is 27.8 Å². The quantitative estimate of drug-likeness (QED) is 0.808. The van der Waals surface area contributed by atoms with E-state index in [1.807, 2.05) is 0 Å². The first kappa shape index (κ1) is 15.9. The molecule has 0 fully saturated rings. The molecule has 0 heterocycles. The first-order chi connectivity index (χ1) is 8.76. The Labute approximate surface area is 113 Å². The Morgan fingerprint density at radius 2 is 1.79 bits per heavy atom. The summed E-state index contributed by atoms with van der Waals surface area (Å²) in [7, 11) is -2.86. The van der Waals surface area contributed by atoms with Crippen LogP contribution in [0.25, 0.3) is 0 Å². The molecule has 108 valence electrons. The van der Waals surface area contributed by atoms with Crippen molar-refractivity contribution in [3.8, 4) is 0 Å². The van der Waals surface area contributed by atoms with Gasteiger partial charge in [0.15, 0.2) is 0 Å². The predicted octanol–water partition coefficient (Wildman–Crippen LogP) is 3.17. The molecule has 1 aromatic carbocycles. The number of nitrogens with zero attached hydrogens (tertiary/aromatic N) is 1. The highest BCUT2D eigenvalue weighted by Gasteiger charge is 2.29. The number of benzene rings is 1. The topological polar surface area (TPSA) is 37.4 Å². The average molecular weight is 291 g/mol. The summed E-state index contributed by atoms with van der Waals surface area (Å²) in [6, 6.07) is 5.87. The van der Waals surface area contributed by atoms with Crippen LogP contribution in [-0.2, 0) is 9.84 Å². The van der Waals surface area contributed by atoms with Gasteiger partial charge in [-0.25, -0.2) is 8.42 Å². The number of hydrogen-bond donors (Lipinski definition) is 0. The van der Waals surface area contributed by atoms with Gasteiger partial charge >= 0.3 is 5.76 Å². The van der Waals surface area contributed by atoms with Crippen LogP contribution in [0.4, 0.5) is 14.5 Å². The van der Waals surface area contributed by atoms with Crippen molar-refractivity contribution in [1.82, 2.24) is 0 Å². The number of para-hydroxylation sites is 1. The number of anilines is 1. The predicted molar refractivity (Wildman–Crippen MR) is 72.4 cm³/mol. The number of hydrogen-bond acceptors (Lipinski definition) is 3. The normalized spacial score (nSPS) is 12.2. The lowest BCUT2D eigenvalue weighted by molar-refractivity contribution is 0.235. The monoisotopic (exact) mass is 291 g/mol. The maximum absolute atomic E-state index is 12.6. The summed E-state index contributed by atoms with van der Waals surface area (Å²) in [5, 5.41) is 0. The molecule has 0 radical (unpaired) electrons. The summed E-state index contributed by atoms with van der Waals surface area (Å²) in [6.07, 6.45) is 0.861. The second-order valence-corrected chi connectivity index (χ2v) is 6.76. The van der Waals surface area contributed by atoms with Crippen molar-refractivity contribution >= 4 is 15.5 Å². The third-order valence-electron chi connectivity index (χ3n) is 2.86. The molecule has 6 heteroatoms. The Bertz CT molecular complexity index is 515. The van der Waals surface area contributed by atoms with E-state index in [0.29, 0.717) is 18.2 Å². The maximum Gasteiger partial charge on any atom is 0.341 e. The van der Waals surface area contributed by atoms with Gasteiger partial charge in [-0.3, -0.25) is 0 Å². The van der Waals surface area contributed by atoms with Crippen LogP contribution in [0.3, 0.4) is 0 Å². The number of alkyl halides is 2. The zero-order valence-corrected chi connectivity index (χ0v) is 12.1. The molecular weight excluding hydrogens is 272 g/mol. The molecule has 0 saturated carbocycles. The Hall–Kier alpha value is -1.17. The van der Waals surface area contributed by atoms with E-state index >= 15 is 0 Å². The molecule has 0 atom stereocenters. The van der Waals surface area contributed by atoms with E-state index in [4.69, 9.17) is 0 Å². The minimum Gasteiger partial charge on any atom is -0.374 e. The van der Waals surface area contributed by atoms with E-state index in [9.17, 15) is 17.2 Å². The highest BCUT2D eigenvalue weighted by Crippen LogP contribution is 2.28. The maximum atomic E-state index is 12.6. The molecule has 0 spiro atoms. The average Bonchev–Trinajstić information content (AvgIpc) is 2.35. The summed E-state index contributed by atoms with van der Waals surface area (Å²) in [6.45, 7) is 4.72. The Kier molecular flexibility index (Phi) is 5.29. The van der Waals surface area contributed by atoms with Gasteiger partial charge in [0.1, 0.15) is 0 Å². The molecule has 1 aromatic rings. The molecule has 0 N–H and O–H groups in total. The fraction of sp³-hybridized carbons (Fsp3) is 0.538. The van der Waals surface area contributed by atoms with Crippen molar-refractivity contribution in [2.75, 3.05) is 18.5 Å². The van der Waals surface area contributed by atoms with Crippen LogP contribution in [0.2, 0.25) is 0 Å². The third-order valence-corrected chi connectivity index (χ3v) is 4.29. The van der Waals surface area contributed by atoms with Crippen molar-refractivity contribution in [2.45, 2.75) is 30.9 Å². The van der Waals surface area contributed by atoms with Gasteiger partial charge in [0.2, 0.25) is 9.84 Å². The van der Waals surface area contributed by atoms with Crippen LogP contribution >= 0.6 is 0 Å². The Morgan fingerprint density at radius 1 is 1.21 bits per heavy atom. The first-order valence-electron chi connectivity index (χ1n) is 6.09. The summed E-state index contributed by atoms with van der Waals surface area (Å²) in [4.78, 5) is 1.39. The van der Waals surface area contributed by atoms with Crippen molar-refractivity contribution in [2.24, 2.45) is 5.92 Å². The van der Waals surface area contributed by atoms with E-state index in [1.165, 1.54) is 12.1 Å². The zero-order valence-electron chi connectivity index (χ0n) is 11.3. The second-order valence-electron chi connectivity index (χ2n) is 4.88. The van der Waals surface area contributed by atoms with Crippen molar-refractivity contribution in [1.29, 1.82) is 0 Å². The lowest BCUT2D eigenvalue weighted by atomic mass is 10.1. The van der Waals surface area contributed by atoms with E-state index in [2.05, 4.69) is 13.8 Å². The molecule has 0 amide bonds. The number of sulfone groups is 1. The minimum atomic E-state index is -4.57. The lowest BCUT2D eigenvalue weighted by Crippen LogP contribution is -2.23. The Balaban J connectivity index is 3.09. The van der Waals surface area contributed by atoms with Gasteiger partial charge in [0.05, 0.1) is 10.6 Å². The van der Waals surface area contributed by atoms with Gasteiger partial charge in [-0.2, -0.15) is 8.78 Å². The lowest BCUT2D eigenvalue weighted by Gasteiger charge is -2.23. The highest BCUT2D eigenvalue weighted by atomic mass is 32.2. The number of rotatable bonds is 6.